The van der Waals surface area contributed by atoms with Crippen molar-refractivity contribution in [2.45, 2.75) is 6.92 Å². The van der Waals surface area contributed by atoms with Crippen LogP contribution < -0.4 is 10.6 Å². The molecule has 2 amide bonds. The van der Waals surface area contributed by atoms with Gasteiger partial charge in [0.2, 0.25) is 5.91 Å². The third kappa shape index (κ3) is 3.00. The molecule has 6 nitrogen and oxygen atoms in total. The van der Waals surface area contributed by atoms with Crippen molar-refractivity contribution < 1.29 is 14.0 Å². The molecule has 1 aromatic carbocycles. The van der Waals surface area contributed by atoms with Gasteiger partial charge < -0.3 is 10.6 Å². The van der Waals surface area contributed by atoms with Crippen LogP contribution in [0.3, 0.4) is 0 Å². The van der Waals surface area contributed by atoms with Crippen molar-refractivity contribution in [3.8, 4) is 5.69 Å². The molecule has 0 aliphatic carbocycles. The second kappa shape index (κ2) is 6.40. The molecular formula is C16H15FN4O2S. The van der Waals surface area contributed by atoms with Gasteiger partial charge in [0.25, 0.3) is 5.91 Å². The van der Waals surface area contributed by atoms with E-state index in [4.69, 9.17) is 0 Å². The van der Waals surface area contributed by atoms with E-state index >= 15 is 0 Å². The third-order valence-electron chi connectivity index (χ3n) is 3.53. The molecule has 2 aromatic heterocycles. The molecular weight excluding hydrogens is 331 g/mol. The molecule has 2 N–H and O–H groups in total. The Morgan fingerprint density at radius 1 is 1.29 bits per heavy atom. The fourth-order valence-corrected chi connectivity index (χ4v) is 3.35. The topological polar surface area (TPSA) is 76.0 Å². The first-order valence-electron chi connectivity index (χ1n) is 7.23. The molecule has 0 spiro atoms. The van der Waals surface area contributed by atoms with Gasteiger partial charge in [-0.05, 0) is 37.3 Å². The number of rotatable bonds is 4. The number of thiophene rings is 1. The molecule has 0 aliphatic heterocycles. The lowest BCUT2D eigenvalue weighted by molar-refractivity contribution is -0.119. The quantitative estimate of drug-likeness (QED) is 0.759. The first kappa shape index (κ1) is 16.1. The van der Waals surface area contributed by atoms with Gasteiger partial charge in [-0.1, -0.05) is 0 Å². The predicted octanol–water partition coefficient (Wildman–Crippen LogP) is 2.01. The molecule has 0 unspecified atom stereocenters. The number of hydrogen-bond acceptors (Lipinski definition) is 4. The number of carbonyl (C=O) groups excluding carboxylic acids is 2. The number of aryl methyl sites for hydroxylation is 1. The fraction of sp³-hybridized carbons (Fsp3) is 0.188. The van der Waals surface area contributed by atoms with E-state index in [-0.39, 0.29) is 24.2 Å². The smallest absolute Gasteiger partial charge is 0.261 e. The van der Waals surface area contributed by atoms with Crippen LogP contribution in [0.25, 0.3) is 15.9 Å². The molecule has 0 aliphatic rings. The van der Waals surface area contributed by atoms with Gasteiger partial charge >= 0.3 is 0 Å². The number of likely N-dealkylation sites (N-methyl/N-ethyl adjacent to an activating group) is 1. The highest BCUT2D eigenvalue weighted by Gasteiger charge is 2.17. The maximum Gasteiger partial charge on any atom is 0.261 e. The summed E-state index contributed by atoms with van der Waals surface area (Å²) in [6.45, 7) is 1.77. The Balaban J connectivity index is 1.94. The van der Waals surface area contributed by atoms with Gasteiger partial charge in [-0.3, -0.25) is 9.59 Å². The van der Waals surface area contributed by atoms with Crippen LogP contribution in [0.15, 0.2) is 30.3 Å². The van der Waals surface area contributed by atoms with E-state index in [0.29, 0.717) is 10.6 Å². The van der Waals surface area contributed by atoms with Gasteiger partial charge in [-0.15, -0.1) is 11.3 Å². The molecule has 0 saturated heterocycles. The number of hydrogen-bond donors (Lipinski definition) is 2. The summed E-state index contributed by atoms with van der Waals surface area (Å²) in [4.78, 5) is 24.7. The zero-order valence-corrected chi connectivity index (χ0v) is 13.9. The average molecular weight is 346 g/mol. The molecule has 0 radical (unpaired) electrons. The van der Waals surface area contributed by atoms with Crippen LogP contribution in [-0.2, 0) is 4.79 Å². The second-order valence-corrected chi connectivity index (χ2v) is 6.19. The molecule has 3 aromatic rings. The Bertz CT molecular complexity index is 914. The first-order valence-corrected chi connectivity index (χ1v) is 8.05. The molecule has 124 valence electrons. The molecule has 8 heteroatoms. The van der Waals surface area contributed by atoms with E-state index in [1.54, 1.807) is 22.9 Å². The van der Waals surface area contributed by atoms with Crippen LogP contribution in [-0.4, -0.2) is 35.2 Å². The van der Waals surface area contributed by atoms with Gasteiger partial charge in [0.15, 0.2) is 0 Å². The Hall–Kier alpha value is -2.74. The summed E-state index contributed by atoms with van der Waals surface area (Å²) in [7, 11) is 1.51. The van der Waals surface area contributed by atoms with E-state index in [1.807, 2.05) is 6.92 Å². The minimum Gasteiger partial charge on any atom is -0.358 e. The maximum absolute atomic E-state index is 13.1. The highest BCUT2D eigenvalue weighted by atomic mass is 32.1. The molecule has 3 rings (SSSR count). The van der Waals surface area contributed by atoms with Gasteiger partial charge in [0.05, 0.1) is 22.8 Å². The van der Waals surface area contributed by atoms with E-state index in [0.717, 1.165) is 15.9 Å². The number of aromatic nitrogens is 2. The van der Waals surface area contributed by atoms with Crippen molar-refractivity contribution in [1.82, 2.24) is 20.4 Å². The third-order valence-corrected chi connectivity index (χ3v) is 4.64. The van der Waals surface area contributed by atoms with Crippen LogP contribution in [0.5, 0.6) is 0 Å². The molecule has 24 heavy (non-hydrogen) atoms. The number of carbonyl (C=O) groups is 2. The summed E-state index contributed by atoms with van der Waals surface area (Å²) in [6, 6.07) is 7.74. The molecule has 2 heterocycles. The SMILES string of the molecule is CNC(=O)CNC(=O)c1cc2c(C)nn(-c3ccc(F)cc3)c2s1. The highest BCUT2D eigenvalue weighted by Crippen LogP contribution is 2.30. The number of fused-ring (bicyclic) bond motifs is 1. The summed E-state index contributed by atoms with van der Waals surface area (Å²) < 4.78 is 14.8. The Morgan fingerprint density at radius 3 is 2.67 bits per heavy atom. The van der Waals surface area contributed by atoms with E-state index in [1.165, 1.54) is 30.5 Å². The fourth-order valence-electron chi connectivity index (χ4n) is 2.25. The monoisotopic (exact) mass is 346 g/mol. The van der Waals surface area contributed by atoms with Crippen molar-refractivity contribution in [3.63, 3.8) is 0 Å². The van der Waals surface area contributed by atoms with Gasteiger partial charge in [-0.2, -0.15) is 5.10 Å². The zero-order valence-electron chi connectivity index (χ0n) is 13.1. The summed E-state index contributed by atoms with van der Waals surface area (Å²) in [5.74, 6) is -0.901. The lowest BCUT2D eigenvalue weighted by Gasteiger charge is -2.03. The van der Waals surface area contributed by atoms with Crippen LogP contribution >= 0.6 is 11.3 Å². The van der Waals surface area contributed by atoms with Gasteiger partial charge in [-0.25, -0.2) is 9.07 Å². The van der Waals surface area contributed by atoms with Crippen LogP contribution in [0, 0.1) is 12.7 Å². The van der Waals surface area contributed by atoms with Gasteiger partial charge in [0.1, 0.15) is 10.6 Å². The second-order valence-electron chi connectivity index (χ2n) is 5.16. The Labute approximate surface area is 141 Å². The van der Waals surface area contributed by atoms with Crippen LogP contribution in [0.4, 0.5) is 4.39 Å². The molecule has 0 fully saturated rings. The largest absolute Gasteiger partial charge is 0.358 e. The van der Waals surface area contributed by atoms with Crippen LogP contribution in [0.2, 0.25) is 0 Å². The van der Waals surface area contributed by atoms with E-state index in [9.17, 15) is 14.0 Å². The maximum atomic E-state index is 13.1. The normalized spacial score (nSPS) is 10.8. The van der Waals surface area contributed by atoms with Crippen molar-refractivity contribution >= 4 is 33.4 Å². The predicted molar refractivity (Wildman–Crippen MR) is 90.0 cm³/mol. The van der Waals surface area contributed by atoms with Crippen molar-refractivity contribution in [2.24, 2.45) is 0 Å². The average Bonchev–Trinajstić information content (AvgIpc) is 3.14. The van der Waals surface area contributed by atoms with Crippen molar-refractivity contribution in [3.05, 3.63) is 46.7 Å². The number of halogens is 1. The Kier molecular flexibility index (Phi) is 4.30. The standard InChI is InChI=1S/C16H15FN4O2S/c1-9-12-7-13(15(23)19-8-14(22)18-2)24-16(12)21(20-9)11-5-3-10(17)4-6-11/h3-7H,8H2,1-2H3,(H,18,22)(H,19,23). The van der Waals surface area contributed by atoms with Gasteiger partial charge in [0, 0.05) is 12.4 Å². The summed E-state index contributed by atoms with van der Waals surface area (Å²) in [6.07, 6.45) is 0. The Morgan fingerprint density at radius 2 is 2.00 bits per heavy atom. The number of nitrogens with one attached hydrogen (secondary N) is 2. The summed E-state index contributed by atoms with van der Waals surface area (Å²) in [5.41, 5.74) is 1.49. The lowest BCUT2D eigenvalue weighted by atomic mass is 10.3. The number of benzene rings is 1. The van der Waals surface area contributed by atoms with Crippen LogP contribution in [0.1, 0.15) is 15.4 Å². The van der Waals surface area contributed by atoms with E-state index in [2.05, 4.69) is 15.7 Å². The minimum absolute atomic E-state index is 0.0767. The summed E-state index contributed by atoms with van der Waals surface area (Å²) in [5, 5.41) is 10.3. The number of nitrogens with zero attached hydrogens (tertiary/aromatic N) is 2. The van der Waals surface area contributed by atoms with Crippen molar-refractivity contribution in [2.75, 3.05) is 13.6 Å². The molecule has 0 atom stereocenters. The lowest BCUT2D eigenvalue weighted by Crippen LogP contribution is -2.34. The molecule has 0 bridgehead atoms. The zero-order chi connectivity index (χ0) is 17.3. The number of amides is 2. The van der Waals surface area contributed by atoms with E-state index < -0.39 is 0 Å². The minimum atomic E-state index is -0.320. The van der Waals surface area contributed by atoms with Crippen molar-refractivity contribution in [1.29, 1.82) is 0 Å². The molecule has 0 saturated carbocycles. The first-order chi connectivity index (χ1) is 11.5. The highest BCUT2D eigenvalue weighted by molar-refractivity contribution is 7.20. The summed E-state index contributed by atoms with van der Waals surface area (Å²) >= 11 is 1.27.